The van der Waals surface area contributed by atoms with Crippen molar-refractivity contribution in [2.75, 3.05) is 45.3 Å². The van der Waals surface area contributed by atoms with E-state index in [1.807, 2.05) is 48.5 Å². The summed E-state index contributed by atoms with van der Waals surface area (Å²) in [6, 6.07) is 18.1. The molecule has 1 fully saturated rings. The quantitative estimate of drug-likeness (QED) is 0.0109. The Hall–Kier alpha value is -14.1. The zero-order chi connectivity index (χ0) is 101. The molecule has 0 saturated carbocycles. The number of aliphatic hydroxyl groups is 2. The van der Waals surface area contributed by atoms with Crippen molar-refractivity contribution in [3.63, 3.8) is 0 Å². The molecular formula is C96H118N20O23S2. The molecular weight excluding hydrogens is 1870 g/mol. The molecule has 4 aromatic heterocycles. The van der Waals surface area contributed by atoms with Gasteiger partial charge in [0, 0.05) is 126 Å². The van der Waals surface area contributed by atoms with Gasteiger partial charge in [0.25, 0.3) is 5.91 Å². The summed E-state index contributed by atoms with van der Waals surface area (Å²) in [7, 11) is 0. The van der Waals surface area contributed by atoms with Crippen LogP contribution in [0.3, 0.4) is 0 Å². The van der Waals surface area contributed by atoms with Crippen molar-refractivity contribution in [2.45, 2.75) is 213 Å². The number of aliphatic carboxylic acids is 2. The molecule has 141 heavy (non-hydrogen) atoms. The number of nitrogens with zero attached hydrogens (tertiary/aromatic N) is 3. The molecule has 16 atom stereocenters. The number of thiol groups is 2. The van der Waals surface area contributed by atoms with Gasteiger partial charge in [0.2, 0.25) is 76.8 Å². The van der Waals surface area contributed by atoms with Crippen LogP contribution < -0.4 is 69.7 Å². The molecule has 43 nitrogen and oxygen atoms in total. The van der Waals surface area contributed by atoms with E-state index in [-0.39, 0.29) is 108 Å². The van der Waals surface area contributed by atoms with Crippen LogP contribution in [0.4, 0.5) is 0 Å². The number of aliphatic imine (C=N–C) groups is 2. The standard InChI is InChI=1S/C96H118N20O23S2/c1-52(119)83(92(134)108-74(37-54-17-4-3-5-18-54)90(132)114-96(141)93(135)103-59(38-55-43-98-66-24-10-6-20-62(55)66)49-138-115-60(42-82(124)125)50-139-116-34-14-19-61(116)47-117)113-89(131)77(41-58-46-101-69-27-13-9-23-65(58)69)107-91(133)78(48-118)109-86(128)72(31-33-81(122)123)104-88(130)76(40-57-45-100-68-26-12-8-22-64(57)68)106-84(126)70-28-16-36-137-95(112-70)79(51-140)110-85(127)71-29-15-35-136-94(111-71)73(30-32-80(97)121)105-87(129)75(102-53(2)120)39-56-44-99-67-25-11-7-21-63(56)67/h3-13,17-18,20-27,43-47,52,59-61,70-79,83,96,98-101,115,118-119,140-141H,14-16,19,28-42,48-51H2,1-2H3,(H2,97,121)(H,102,120)(H,103,135)(H,104,130)(H,105,129)(H,106,126)(H,107,133)(H,108,134)(H,109,128)(H,110,127)(H,113,131)(H,114,132)(H,122,123)(H,124,125)/t52?,59-,60-,61-,70?,71+,72+,73+,74+,75+,76+,77+,78+,79+,83+,96?/m1/s1. The molecule has 45 heteroatoms. The highest BCUT2D eigenvalue weighted by Gasteiger charge is 2.40. The summed E-state index contributed by atoms with van der Waals surface area (Å²) in [5.41, 5.74) is 14.0. The fraction of sp³-hybridized carbons (Fsp3) is 0.427. The maximum Gasteiger partial charge on any atom is 0.305 e. The number of ether oxygens (including phenoxy) is 2. The van der Waals surface area contributed by atoms with Gasteiger partial charge in [-0.3, -0.25) is 76.8 Å². The maximum atomic E-state index is 15.2. The zero-order valence-electron chi connectivity index (χ0n) is 77.4. The van der Waals surface area contributed by atoms with E-state index in [1.54, 1.807) is 104 Å². The lowest BCUT2D eigenvalue weighted by Crippen LogP contribution is -2.62. The molecule has 9 aromatic rings. The van der Waals surface area contributed by atoms with E-state index in [1.165, 1.54) is 12.0 Å². The Kier molecular flexibility index (Phi) is 38.8. The molecule has 3 aliphatic heterocycles. The second-order valence-electron chi connectivity index (χ2n) is 34.7. The van der Waals surface area contributed by atoms with Crippen molar-refractivity contribution >= 4 is 170 Å². The van der Waals surface area contributed by atoms with Gasteiger partial charge in [-0.1, -0.05) is 103 Å². The number of fused-ring (bicyclic) bond motifs is 4. The van der Waals surface area contributed by atoms with Gasteiger partial charge in [-0.25, -0.2) is 9.98 Å². The van der Waals surface area contributed by atoms with E-state index < -0.39 is 205 Å². The Morgan fingerprint density at radius 3 is 1.48 bits per heavy atom. The summed E-state index contributed by atoms with van der Waals surface area (Å²) in [5.74, 6) is -14.0. The molecule has 3 unspecified atom stereocenters. The van der Waals surface area contributed by atoms with Crippen molar-refractivity contribution in [1.29, 1.82) is 0 Å². The number of rotatable bonds is 52. The largest absolute Gasteiger partial charge is 0.481 e. The van der Waals surface area contributed by atoms with Gasteiger partial charge in [-0.2, -0.15) is 23.2 Å². The fourth-order valence-electron chi connectivity index (χ4n) is 16.8. The Morgan fingerprint density at radius 2 is 0.957 bits per heavy atom. The first-order valence-electron chi connectivity index (χ1n) is 46.4. The summed E-state index contributed by atoms with van der Waals surface area (Å²) in [5, 5.41) is 74.2. The first kappa shape index (κ1) is 106. The third kappa shape index (κ3) is 30.2. The average molecular weight is 1980 g/mol. The predicted octanol–water partition coefficient (Wildman–Crippen LogP) is 0.913. The molecule has 0 radical (unpaired) electrons. The number of carbonyl (C=O) groups is 15. The number of amides is 12. The number of carboxylic acids is 2. The summed E-state index contributed by atoms with van der Waals surface area (Å²) >= 11 is 9.06. The van der Waals surface area contributed by atoms with E-state index in [9.17, 15) is 82.8 Å². The number of aromatic amines is 4. The van der Waals surface area contributed by atoms with Gasteiger partial charge in [0.15, 0.2) is 5.37 Å². The number of benzene rings is 5. The molecule has 0 bridgehead atoms. The van der Waals surface area contributed by atoms with E-state index in [0.29, 0.717) is 64.3 Å². The summed E-state index contributed by atoms with van der Waals surface area (Å²) in [6.07, 6.45) is 4.58. The fourth-order valence-corrected chi connectivity index (χ4v) is 17.3. The molecule has 0 spiro atoms. The van der Waals surface area contributed by atoms with Crippen molar-refractivity contribution in [3.8, 4) is 0 Å². The van der Waals surface area contributed by atoms with Gasteiger partial charge in [0.1, 0.15) is 72.7 Å². The van der Waals surface area contributed by atoms with Gasteiger partial charge in [0.05, 0.1) is 63.7 Å². The van der Waals surface area contributed by atoms with Crippen molar-refractivity contribution in [3.05, 3.63) is 180 Å². The van der Waals surface area contributed by atoms with Gasteiger partial charge in [-0.05, 0) is 117 Å². The van der Waals surface area contributed by atoms with Crippen LogP contribution in [0.1, 0.15) is 112 Å². The van der Waals surface area contributed by atoms with Crippen LogP contribution in [-0.2, 0) is 123 Å². The monoisotopic (exact) mass is 1980 g/mol. The van der Waals surface area contributed by atoms with Crippen LogP contribution in [0.2, 0.25) is 0 Å². The normalized spacial score (nSPS) is 17.8. The number of hydrogen-bond donors (Lipinski definition) is 23. The van der Waals surface area contributed by atoms with Crippen molar-refractivity contribution in [2.24, 2.45) is 15.7 Å². The molecule has 5 aromatic carbocycles. The first-order chi connectivity index (χ1) is 67.9. The van der Waals surface area contributed by atoms with E-state index in [4.69, 9.17) is 29.9 Å². The third-order valence-corrected chi connectivity index (χ3v) is 24.9. The second kappa shape index (κ2) is 51.7. The van der Waals surface area contributed by atoms with Crippen LogP contribution in [0.15, 0.2) is 162 Å². The summed E-state index contributed by atoms with van der Waals surface area (Å²) in [4.78, 5) is 242. The first-order valence-corrected chi connectivity index (χ1v) is 47.5. The molecule has 1 saturated heterocycles. The number of nitrogens with two attached hydrogens (primary N) is 1. The lowest BCUT2D eigenvalue weighted by atomic mass is 10.0. The maximum absolute atomic E-state index is 15.2. The SMILES string of the molecule is CC(=O)N[C@@H](Cc1c[nH]c2ccccc12)C(=O)N[C@@H](CCC(N)=O)C1=N[C@H](C(=O)N[C@@H](CS)C2=NC(C(=O)N[C@@H](Cc3c[nH]c4ccccc34)C(=O)N[C@@H](CCC(=O)O)C(=O)N[C@@H](CO)C(=O)N[C@@H](Cc3c[nH]c4ccccc34)C(=O)N[C@H](C(=O)N[C@@H](Cc3ccccc3)C(=O)NC(S)C(=O)N[C@@H](CON[C@@H](CON3CCC[C@@H]3C=O)CC(=O)O)Cc3c[nH]c4ccccc34)C(C)O)CCCO2)CCCO1. The van der Waals surface area contributed by atoms with Crippen LogP contribution in [0, 0.1) is 0 Å². The molecule has 7 heterocycles. The minimum atomic E-state index is -2.00. The number of para-hydroxylation sites is 4. The van der Waals surface area contributed by atoms with E-state index >= 15 is 9.59 Å². The summed E-state index contributed by atoms with van der Waals surface area (Å²) < 4.78 is 12.2. The Morgan fingerprint density at radius 1 is 0.496 bits per heavy atom. The minimum Gasteiger partial charge on any atom is -0.481 e. The highest BCUT2D eigenvalue weighted by atomic mass is 32.1. The highest BCUT2D eigenvalue weighted by Crippen LogP contribution is 2.27. The molecule has 12 rings (SSSR count). The molecule has 3 aliphatic rings. The second-order valence-corrected chi connectivity index (χ2v) is 35.6. The van der Waals surface area contributed by atoms with Crippen LogP contribution in [0.25, 0.3) is 43.6 Å². The number of primary amides is 1. The summed E-state index contributed by atoms with van der Waals surface area (Å²) in [6.45, 7) is 1.23. The highest BCUT2D eigenvalue weighted by molar-refractivity contribution is 7.81. The molecule has 12 amide bonds. The number of aldehydes is 1. The lowest BCUT2D eigenvalue weighted by molar-refractivity contribution is -0.183. The van der Waals surface area contributed by atoms with Gasteiger partial charge in [-0.15, -0.1) is 12.6 Å². The number of carboxylic acid groups (broad SMARTS) is 2. The Bertz CT molecular complexity index is 5990. The smallest absolute Gasteiger partial charge is 0.305 e. The van der Waals surface area contributed by atoms with Crippen LogP contribution >= 0.6 is 25.3 Å². The number of hydroxylamine groups is 3. The zero-order valence-corrected chi connectivity index (χ0v) is 79.2. The topological polar surface area (TPSA) is 635 Å². The van der Waals surface area contributed by atoms with Crippen LogP contribution in [-0.4, -0.2) is 288 Å². The van der Waals surface area contributed by atoms with Gasteiger partial charge >= 0.3 is 11.9 Å². The third-order valence-electron chi connectivity index (χ3n) is 24.2. The van der Waals surface area contributed by atoms with E-state index in [2.05, 4.69) is 114 Å². The number of H-pyrrole nitrogens is 4. The predicted molar refractivity (Wildman–Crippen MR) is 522 cm³/mol. The Labute approximate surface area is 819 Å². The van der Waals surface area contributed by atoms with Gasteiger partial charge < -0.3 is 119 Å². The molecule has 0 aliphatic carbocycles. The number of aliphatic hydroxyl groups excluding tert-OH is 2. The van der Waals surface area contributed by atoms with Crippen molar-refractivity contribution in [1.82, 2.24) is 89.0 Å². The number of hydrogen-bond acceptors (Lipinski definition) is 27. The number of aromatic nitrogens is 4. The number of nitrogens with one attached hydrogen (secondary N) is 16. The average Bonchev–Trinajstić information content (AvgIpc) is 1.72. The molecule has 22 N–H and O–H groups in total. The van der Waals surface area contributed by atoms with Crippen LogP contribution in [0.5, 0.6) is 0 Å². The Balaban J connectivity index is 0.726. The number of carbonyl (C=O) groups excluding carboxylic acids is 13. The van der Waals surface area contributed by atoms with Crippen molar-refractivity contribution < 1.29 is 111 Å². The van der Waals surface area contributed by atoms with E-state index in [0.717, 1.165) is 46.1 Å². The molecule has 752 valence electrons. The lowest BCUT2D eigenvalue weighted by Gasteiger charge is -2.28. The minimum absolute atomic E-state index is 0.0103.